The SMILES string of the molecule is CCCCN(C(=O)c1ccc2c(c1)CCN2)[C@H](C)CC. The maximum atomic E-state index is 12.8. The summed E-state index contributed by atoms with van der Waals surface area (Å²) in [6.07, 6.45) is 4.22. The Hall–Kier alpha value is -1.51. The van der Waals surface area contributed by atoms with Crippen LogP contribution in [-0.4, -0.2) is 29.9 Å². The Kier molecular flexibility index (Phi) is 5.05. The minimum atomic E-state index is 0.183. The van der Waals surface area contributed by atoms with Crippen LogP contribution in [0.4, 0.5) is 5.69 Å². The molecule has 0 bridgehead atoms. The van der Waals surface area contributed by atoms with E-state index in [4.69, 9.17) is 0 Å². The Bertz CT molecular complexity index is 470. The summed E-state index contributed by atoms with van der Waals surface area (Å²) < 4.78 is 0. The Balaban J connectivity index is 2.18. The molecule has 0 radical (unpaired) electrons. The molecule has 110 valence electrons. The summed E-state index contributed by atoms with van der Waals surface area (Å²) in [5.41, 5.74) is 3.30. The summed E-state index contributed by atoms with van der Waals surface area (Å²) in [7, 11) is 0. The van der Waals surface area contributed by atoms with Gasteiger partial charge in [0, 0.05) is 30.4 Å². The molecule has 1 aromatic rings. The lowest BCUT2D eigenvalue weighted by Crippen LogP contribution is -2.39. The minimum Gasteiger partial charge on any atom is -0.384 e. The number of carbonyl (C=O) groups excluding carboxylic acids is 1. The van der Waals surface area contributed by atoms with Crippen LogP contribution in [0.15, 0.2) is 18.2 Å². The predicted octanol–water partition coefficient (Wildman–Crippen LogP) is 3.70. The van der Waals surface area contributed by atoms with Gasteiger partial charge in [0.25, 0.3) is 5.91 Å². The molecule has 0 saturated heterocycles. The molecule has 1 aromatic carbocycles. The van der Waals surface area contributed by atoms with Crippen LogP contribution in [0.2, 0.25) is 0 Å². The van der Waals surface area contributed by atoms with E-state index in [-0.39, 0.29) is 5.91 Å². The van der Waals surface area contributed by atoms with Gasteiger partial charge in [0.1, 0.15) is 0 Å². The second kappa shape index (κ2) is 6.78. The first kappa shape index (κ1) is 14.9. The fourth-order valence-corrected chi connectivity index (χ4v) is 2.67. The van der Waals surface area contributed by atoms with Crippen molar-refractivity contribution in [3.8, 4) is 0 Å². The average molecular weight is 274 g/mol. The molecule has 20 heavy (non-hydrogen) atoms. The number of rotatable bonds is 6. The van der Waals surface area contributed by atoms with Gasteiger partial charge in [-0.1, -0.05) is 20.3 Å². The molecule has 0 spiro atoms. The van der Waals surface area contributed by atoms with Crippen LogP contribution in [0.5, 0.6) is 0 Å². The van der Waals surface area contributed by atoms with Crippen LogP contribution in [0.25, 0.3) is 0 Å². The van der Waals surface area contributed by atoms with Crippen molar-refractivity contribution >= 4 is 11.6 Å². The molecule has 1 N–H and O–H groups in total. The van der Waals surface area contributed by atoms with Gasteiger partial charge in [-0.25, -0.2) is 0 Å². The predicted molar refractivity (Wildman–Crippen MR) is 84.3 cm³/mol. The number of carbonyl (C=O) groups is 1. The van der Waals surface area contributed by atoms with E-state index < -0.39 is 0 Å². The lowest BCUT2D eigenvalue weighted by atomic mass is 10.1. The zero-order valence-corrected chi connectivity index (χ0v) is 12.9. The van der Waals surface area contributed by atoms with Gasteiger partial charge in [-0.3, -0.25) is 4.79 Å². The van der Waals surface area contributed by atoms with Crippen molar-refractivity contribution in [2.24, 2.45) is 0 Å². The smallest absolute Gasteiger partial charge is 0.254 e. The minimum absolute atomic E-state index is 0.183. The van der Waals surface area contributed by atoms with Crippen molar-refractivity contribution < 1.29 is 4.79 Å². The van der Waals surface area contributed by atoms with E-state index in [1.165, 1.54) is 11.3 Å². The molecule has 0 aliphatic carbocycles. The quantitative estimate of drug-likeness (QED) is 0.858. The Morgan fingerprint density at radius 2 is 2.20 bits per heavy atom. The van der Waals surface area contributed by atoms with E-state index in [0.29, 0.717) is 6.04 Å². The topological polar surface area (TPSA) is 32.3 Å². The highest BCUT2D eigenvalue weighted by molar-refractivity contribution is 5.95. The first-order valence-corrected chi connectivity index (χ1v) is 7.85. The molecule has 0 fully saturated rings. The summed E-state index contributed by atoms with van der Waals surface area (Å²) in [5.74, 6) is 0.183. The van der Waals surface area contributed by atoms with Gasteiger partial charge in [-0.2, -0.15) is 0 Å². The van der Waals surface area contributed by atoms with E-state index in [2.05, 4.69) is 32.2 Å². The van der Waals surface area contributed by atoms with Crippen LogP contribution in [0.1, 0.15) is 56.0 Å². The lowest BCUT2D eigenvalue weighted by Gasteiger charge is -2.29. The molecule has 2 rings (SSSR count). The van der Waals surface area contributed by atoms with Gasteiger partial charge in [0.15, 0.2) is 0 Å². The molecule has 1 aliphatic rings. The van der Waals surface area contributed by atoms with Gasteiger partial charge in [-0.15, -0.1) is 0 Å². The zero-order chi connectivity index (χ0) is 14.5. The highest BCUT2D eigenvalue weighted by atomic mass is 16.2. The average Bonchev–Trinajstić information content (AvgIpc) is 2.94. The third-order valence-corrected chi connectivity index (χ3v) is 4.20. The van der Waals surface area contributed by atoms with Crippen LogP contribution >= 0.6 is 0 Å². The van der Waals surface area contributed by atoms with E-state index in [1.54, 1.807) is 0 Å². The fourth-order valence-electron chi connectivity index (χ4n) is 2.67. The lowest BCUT2D eigenvalue weighted by molar-refractivity contribution is 0.0685. The Labute approximate surface area is 122 Å². The van der Waals surface area contributed by atoms with Crippen LogP contribution < -0.4 is 5.32 Å². The normalized spacial score (nSPS) is 14.6. The molecule has 1 aliphatic heterocycles. The highest BCUT2D eigenvalue weighted by Gasteiger charge is 2.21. The second-order valence-electron chi connectivity index (χ2n) is 5.66. The number of hydrogen-bond donors (Lipinski definition) is 1. The number of unbranched alkanes of at least 4 members (excludes halogenated alkanes) is 1. The molecule has 3 heteroatoms. The Morgan fingerprint density at radius 1 is 1.40 bits per heavy atom. The van der Waals surface area contributed by atoms with E-state index in [1.807, 2.05) is 17.0 Å². The first-order chi connectivity index (χ1) is 9.67. The van der Waals surface area contributed by atoms with E-state index in [9.17, 15) is 4.79 Å². The number of nitrogens with one attached hydrogen (secondary N) is 1. The molecule has 0 aromatic heterocycles. The first-order valence-electron chi connectivity index (χ1n) is 7.85. The van der Waals surface area contributed by atoms with Gasteiger partial charge >= 0.3 is 0 Å². The number of amides is 1. The molecular weight excluding hydrogens is 248 g/mol. The largest absolute Gasteiger partial charge is 0.384 e. The second-order valence-corrected chi connectivity index (χ2v) is 5.66. The third-order valence-electron chi connectivity index (χ3n) is 4.20. The monoisotopic (exact) mass is 274 g/mol. The summed E-state index contributed by atoms with van der Waals surface area (Å²) in [6, 6.07) is 6.38. The molecule has 1 amide bonds. The van der Waals surface area contributed by atoms with Crippen molar-refractivity contribution in [2.45, 2.75) is 52.5 Å². The van der Waals surface area contributed by atoms with Gasteiger partial charge in [-0.05, 0) is 49.9 Å². The van der Waals surface area contributed by atoms with Gasteiger partial charge in [0.2, 0.25) is 0 Å². The molecular formula is C17H26N2O. The molecule has 0 saturated carbocycles. The van der Waals surface area contributed by atoms with E-state index in [0.717, 1.165) is 44.3 Å². The molecule has 3 nitrogen and oxygen atoms in total. The molecule has 1 atom stereocenters. The summed E-state index contributed by atoms with van der Waals surface area (Å²) >= 11 is 0. The van der Waals surface area contributed by atoms with E-state index >= 15 is 0 Å². The maximum absolute atomic E-state index is 12.8. The van der Waals surface area contributed by atoms with Crippen molar-refractivity contribution in [1.29, 1.82) is 0 Å². The van der Waals surface area contributed by atoms with Crippen molar-refractivity contribution in [3.63, 3.8) is 0 Å². The van der Waals surface area contributed by atoms with Crippen molar-refractivity contribution in [1.82, 2.24) is 4.90 Å². The Morgan fingerprint density at radius 3 is 2.90 bits per heavy atom. The zero-order valence-electron chi connectivity index (χ0n) is 12.9. The summed E-state index contributed by atoms with van der Waals surface area (Å²) in [6.45, 7) is 8.30. The number of benzene rings is 1. The number of anilines is 1. The van der Waals surface area contributed by atoms with Crippen molar-refractivity contribution in [3.05, 3.63) is 29.3 Å². The summed E-state index contributed by atoms with van der Waals surface area (Å²) in [5, 5.41) is 3.34. The van der Waals surface area contributed by atoms with Crippen LogP contribution in [0.3, 0.4) is 0 Å². The maximum Gasteiger partial charge on any atom is 0.254 e. The fraction of sp³-hybridized carbons (Fsp3) is 0.588. The van der Waals surface area contributed by atoms with Gasteiger partial charge in [0.05, 0.1) is 0 Å². The van der Waals surface area contributed by atoms with Gasteiger partial charge < -0.3 is 10.2 Å². The highest BCUT2D eigenvalue weighted by Crippen LogP contribution is 2.24. The number of hydrogen-bond acceptors (Lipinski definition) is 2. The summed E-state index contributed by atoms with van der Waals surface area (Å²) in [4.78, 5) is 14.8. The third kappa shape index (κ3) is 3.14. The molecule has 0 unspecified atom stereocenters. The number of nitrogens with zero attached hydrogens (tertiary/aromatic N) is 1. The number of fused-ring (bicyclic) bond motifs is 1. The molecule has 1 heterocycles. The standard InChI is InChI=1S/C17H26N2O/c1-4-6-11-19(13(3)5-2)17(20)15-7-8-16-14(12-15)9-10-18-16/h7-8,12-13,18H,4-6,9-11H2,1-3H3/t13-/m1/s1. The van der Waals surface area contributed by atoms with Crippen LogP contribution in [0, 0.1) is 0 Å². The van der Waals surface area contributed by atoms with Crippen molar-refractivity contribution in [2.75, 3.05) is 18.4 Å². The van der Waals surface area contributed by atoms with Crippen LogP contribution in [-0.2, 0) is 6.42 Å².